The van der Waals surface area contributed by atoms with Crippen molar-refractivity contribution in [3.63, 3.8) is 0 Å². The fraction of sp³-hybridized carbons (Fsp3) is 0.222. The second kappa shape index (κ2) is 3.43. The third-order valence-corrected chi connectivity index (χ3v) is 1.70. The Morgan fingerprint density at radius 1 is 1.54 bits per heavy atom. The van der Waals surface area contributed by atoms with Gasteiger partial charge in [-0.25, -0.2) is 4.39 Å². The van der Waals surface area contributed by atoms with Crippen molar-refractivity contribution in [2.24, 2.45) is 0 Å². The predicted molar refractivity (Wildman–Crippen MR) is 47.4 cm³/mol. The van der Waals surface area contributed by atoms with Crippen LogP contribution < -0.4 is 10.5 Å². The van der Waals surface area contributed by atoms with Crippen LogP contribution in [0.2, 0.25) is 0 Å². The summed E-state index contributed by atoms with van der Waals surface area (Å²) in [7, 11) is 1.30. The molecule has 1 rings (SSSR count). The Hall–Kier alpha value is -1.58. The van der Waals surface area contributed by atoms with Crippen LogP contribution in [0.15, 0.2) is 12.1 Å². The molecule has 3 nitrogen and oxygen atoms in total. The van der Waals surface area contributed by atoms with Gasteiger partial charge in [0.15, 0.2) is 17.3 Å². The normalized spacial score (nSPS) is 9.77. The molecule has 4 heteroatoms. The summed E-state index contributed by atoms with van der Waals surface area (Å²) in [5, 5.41) is 0. The van der Waals surface area contributed by atoms with E-state index in [9.17, 15) is 9.18 Å². The first-order chi connectivity index (χ1) is 6.07. The molecule has 0 bridgehead atoms. The van der Waals surface area contributed by atoms with E-state index in [1.165, 1.54) is 26.2 Å². The summed E-state index contributed by atoms with van der Waals surface area (Å²) in [6, 6.07) is 2.51. The van der Waals surface area contributed by atoms with Crippen LogP contribution in [-0.2, 0) is 0 Å². The van der Waals surface area contributed by atoms with E-state index in [0.717, 1.165) is 0 Å². The molecule has 0 spiro atoms. The van der Waals surface area contributed by atoms with E-state index in [2.05, 4.69) is 0 Å². The van der Waals surface area contributed by atoms with Crippen LogP contribution in [0.5, 0.6) is 5.75 Å². The minimum atomic E-state index is -0.582. The van der Waals surface area contributed by atoms with Gasteiger partial charge in [-0.05, 0) is 19.1 Å². The maximum absolute atomic E-state index is 13.1. The number of methoxy groups -OCH3 is 1. The van der Waals surface area contributed by atoms with E-state index in [1.54, 1.807) is 0 Å². The summed E-state index contributed by atoms with van der Waals surface area (Å²) in [6.45, 7) is 1.31. The predicted octanol–water partition coefficient (Wildman–Crippen LogP) is 1.62. The number of ketones is 1. The van der Waals surface area contributed by atoms with E-state index in [0.29, 0.717) is 0 Å². The zero-order valence-electron chi connectivity index (χ0n) is 7.43. The Kier molecular flexibility index (Phi) is 2.51. The number of ether oxygens (including phenoxy) is 1. The largest absolute Gasteiger partial charge is 0.493 e. The van der Waals surface area contributed by atoms with Crippen molar-refractivity contribution in [2.75, 3.05) is 12.8 Å². The van der Waals surface area contributed by atoms with Crippen LogP contribution >= 0.6 is 0 Å². The van der Waals surface area contributed by atoms with Crippen molar-refractivity contribution in [3.8, 4) is 5.75 Å². The first-order valence-corrected chi connectivity index (χ1v) is 3.70. The smallest absolute Gasteiger partial charge is 0.167 e. The molecule has 0 fully saturated rings. The molecule has 0 heterocycles. The fourth-order valence-electron chi connectivity index (χ4n) is 1.14. The van der Waals surface area contributed by atoms with Gasteiger partial charge >= 0.3 is 0 Å². The van der Waals surface area contributed by atoms with E-state index in [-0.39, 0.29) is 22.8 Å². The molecule has 0 aromatic heterocycles. The van der Waals surface area contributed by atoms with Crippen LogP contribution in [0.1, 0.15) is 17.3 Å². The number of carbonyl (C=O) groups is 1. The first kappa shape index (κ1) is 9.51. The van der Waals surface area contributed by atoms with Crippen LogP contribution in [-0.4, -0.2) is 12.9 Å². The molecule has 70 valence electrons. The van der Waals surface area contributed by atoms with Gasteiger partial charge < -0.3 is 10.5 Å². The number of Topliss-reactive ketones (excluding diaryl/α,β-unsaturated/α-hetero) is 1. The number of anilines is 1. The molecule has 0 atom stereocenters. The summed E-state index contributed by atoms with van der Waals surface area (Å²) in [5.41, 5.74) is 5.83. The monoisotopic (exact) mass is 183 g/mol. The van der Waals surface area contributed by atoms with E-state index in [1.807, 2.05) is 0 Å². The Morgan fingerprint density at radius 2 is 2.15 bits per heavy atom. The maximum Gasteiger partial charge on any atom is 0.167 e. The molecule has 0 aliphatic carbocycles. The highest BCUT2D eigenvalue weighted by Crippen LogP contribution is 2.27. The van der Waals surface area contributed by atoms with Crippen molar-refractivity contribution in [2.45, 2.75) is 6.92 Å². The van der Waals surface area contributed by atoms with Gasteiger partial charge in [0.1, 0.15) is 0 Å². The highest BCUT2D eigenvalue weighted by atomic mass is 19.1. The lowest BCUT2D eigenvalue weighted by Crippen LogP contribution is -2.04. The molecule has 0 saturated carbocycles. The molecule has 13 heavy (non-hydrogen) atoms. The number of rotatable bonds is 2. The Bertz CT molecular complexity index is 350. The third-order valence-electron chi connectivity index (χ3n) is 1.70. The average Bonchev–Trinajstić information content (AvgIpc) is 2.07. The Balaban J connectivity index is 3.43. The Labute approximate surface area is 75.3 Å². The molecule has 2 N–H and O–H groups in total. The van der Waals surface area contributed by atoms with Gasteiger partial charge in [0.05, 0.1) is 12.7 Å². The molecule has 1 aromatic carbocycles. The van der Waals surface area contributed by atoms with Gasteiger partial charge in [-0.1, -0.05) is 0 Å². The van der Waals surface area contributed by atoms with Gasteiger partial charge in [0.2, 0.25) is 0 Å². The van der Waals surface area contributed by atoms with Crippen molar-refractivity contribution >= 4 is 11.5 Å². The van der Waals surface area contributed by atoms with Gasteiger partial charge in [0, 0.05) is 5.69 Å². The van der Waals surface area contributed by atoms with Gasteiger partial charge in [-0.2, -0.15) is 0 Å². The number of benzene rings is 1. The molecule has 1 aromatic rings. The fourth-order valence-corrected chi connectivity index (χ4v) is 1.14. The summed E-state index contributed by atoms with van der Waals surface area (Å²) >= 11 is 0. The minimum Gasteiger partial charge on any atom is -0.493 e. The maximum atomic E-state index is 13.1. The van der Waals surface area contributed by atoms with Crippen molar-refractivity contribution in [1.29, 1.82) is 0 Å². The third kappa shape index (κ3) is 1.61. The highest BCUT2D eigenvalue weighted by molar-refractivity contribution is 6.01. The molecular weight excluding hydrogens is 173 g/mol. The summed E-state index contributed by atoms with van der Waals surface area (Å²) in [5.74, 6) is -0.983. The van der Waals surface area contributed by atoms with E-state index in [4.69, 9.17) is 10.5 Å². The number of carbonyl (C=O) groups excluding carboxylic acids is 1. The van der Waals surface area contributed by atoms with Crippen LogP contribution in [0.3, 0.4) is 0 Å². The number of halogens is 1. The number of nitrogens with two attached hydrogens (primary N) is 1. The molecule has 0 radical (unpaired) electrons. The van der Waals surface area contributed by atoms with E-state index >= 15 is 0 Å². The number of hydrogen-bond acceptors (Lipinski definition) is 3. The lowest BCUT2D eigenvalue weighted by atomic mass is 10.1. The molecule has 0 aliphatic heterocycles. The molecule has 0 saturated heterocycles. The van der Waals surface area contributed by atoms with Gasteiger partial charge in [0.25, 0.3) is 0 Å². The second-order valence-electron chi connectivity index (χ2n) is 2.60. The van der Waals surface area contributed by atoms with Crippen LogP contribution in [0, 0.1) is 5.82 Å². The quantitative estimate of drug-likeness (QED) is 0.560. The lowest BCUT2D eigenvalue weighted by Gasteiger charge is -2.08. The minimum absolute atomic E-state index is 0.0903. The highest BCUT2D eigenvalue weighted by Gasteiger charge is 2.15. The zero-order chi connectivity index (χ0) is 10.0. The first-order valence-electron chi connectivity index (χ1n) is 3.70. The van der Waals surface area contributed by atoms with Gasteiger partial charge in [-0.15, -0.1) is 0 Å². The van der Waals surface area contributed by atoms with Gasteiger partial charge in [-0.3, -0.25) is 4.79 Å². The molecular formula is C9H10FNO2. The van der Waals surface area contributed by atoms with Crippen molar-refractivity contribution in [1.82, 2.24) is 0 Å². The van der Waals surface area contributed by atoms with Crippen LogP contribution in [0.25, 0.3) is 0 Å². The summed E-state index contributed by atoms with van der Waals surface area (Å²) in [4.78, 5) is 11.1. The SMILES string of the molecule is COc1c(F)ccc(N)c1C(C)=O. The van der Waals surface area contributed by atoms with Crippen LogP contribution in [0.4, 0.5) is 10.1 Å². The number of nitrogen functional groups attached to an aromatic ring is 1. The zero-order valence-corrected chi connectivity index (χ0v) is 7.43. The second-order valence-corrected chi connectivity index (χ2v) is 2.60. The summed E-state index contributed by atoms with van der Waals surface area (Å²) in [6.07, 6.45) is 0. The van der Waals surface area contributed by atoms with Crippen molar-refractivity contribution < 1.29 is 13.9 Å². The number of hydrogen-bond donors (Lipinski definition) is 1. The lowest BCUT2D eigenvalue weighted by molar-refractivity contribution is 0.101. The summed E-state index contributed by atoms with van der Waals surface area (Å²) < 4.78 is 17.8. The molecule has 0 unspecified atom stereocenters. The average molecular weight is 183 g/mol. The topological polar surface area (TPSA) is 52.3 Å². The molecule has 0 aliphatic rings. The standard InChI is InChI=1S/C9H10FNO2/c1-5(12)8-7(11)4-3-6(10)9(8)13-2/h3-4H,11H2,1-2H3. The van der Waals surface area contributed by atoms with Crippen molar-refractivity contribution in [3.05, 3.63) is 23.5 Å². The van der Waals surface area contributed by atoms with E-state index < -0.39 is 5.82 Å². The Morgan fingerprint density at radius 3 is 2.54 bits per heavy atom. The molecule has 0 amide bonds.